The van der Waals surface area contributed by atoms with Gasteiger partial charge in [0.1, 0.15) is 0 Å². The molecule has 0 saturated heterocycles. The van der Waals surface area contributed by atoms with Crippen molar-refractivity contribution >= 4 is 28.9 Å². The fraction of sp³-hybridized carbons (Fsp3) is 0.286. The van der Waals surface area contributed by atoms with Crippen LogP contribution in [0.1, 0.15) is 25.8 Å². The van der Waals surface area contributed by atoms with Gasteiger partial charge in [0, 0.05) is 24.2 Å². The van der Waals surface area contributed by atoms with Crippen molar-refractivity contribution in [2.24, 2.45) is 0 Å². The number of rotatable bonds is 5. The minimum atomic E-state index is -1.00. The molecule has 0 saturated carbocycles. The smallest absolute Gasteiger partial charge is 0.337 e. The molecule has 1 aromatic carbocycles. The van der Waals surface area contributed by atoms with Gasteiger partial charge in [-0.3, -0.25) is 4.90 Å². The molecule has 0 atom stereocenters. The third kappa shape index (κ3) is 3.56. The lowest BCUT2D eigenvalue weighted by molar-refractivity contribution is 0.0697. The number of halogens is 1. The third-order valence-electron chi connectivity index (χ3n) is 2.84. The minimum absolute atomic E-state index is 0.145. The molecule has 0 aliphatic carbocycles. The Balaban J connectivity index is 2.09. The zero-order valence-electron chi connectivity index (χ0n) is 11.3. The average Bonchev–Trinajstić information content (AvgIpc) is 2.77. The predicted molar refractivity (Wildman–Crippen MR) is 80.4 cm³/mol. The van der Waals surface area contributed by atoms with Crippen molar-refractivity contribution in [2.75, 3.05) is 7.05 Å². The Hall–Kier alpha value is -1.43. The maximum absolute atomic E-state index is 11.0. The average molecular weight is 311 g/mol. The first-order valence-corrected chi connectivity index (χ1v) is 7.27. The van der Waals surface area contributed by atoms with Gasteiger partial charge >= 0.3 is 5.97 Å². The largest absolute Gasteiger partial charge is 0.478 e. The molecule has 106 valence electrons. The molecule has 0 spiro atoms. The summed E-state index contributed by atoms with van der Waals surface area (Å²) in [4.78, 5) is 18.5. The molecule has 4 nitrogen and oxygen atoms in total. The van der Waals surface area contributed by atoms with E-state index in [-0.39, 0.29) is 5.56 Å². The Kier molecular flexibility index (Phi) is 4.75. The monoisotopic (exact) mass is 310 g/mol. The fourth-order valence-electron chi connectivity index (χ4n) is 1.96. The topological polar surface area (TPSA) is 53.4 Å². The van der Waals surface area contributed by atoms with E-state index >= 15 is 0 Å². The molecule has 1 aromatic heterocycles. The molecular weight excluding hydrogens is 296 g/mol. The summed E-state index contributed by atoms with van der Waals surface area (Å²) in [7, 11) is 1.97. The summed E-state index contributed by atoms with van der Waals surface area (Å²) in [5, 5.41) is 10.4. The van der Waals surface area contributed by atoms with Crippen molar-refractivity contribution in [3.8, 4) is 0 Å². The first kappa shape index (κ1) is 15.0. The van der Waals surface area contributed by atoms with Crippen LogP contribution in [0, 0.1) is 6.92 Å². The Morgan fingerprint density at radius 1 is 1.45 bits per heavy atom. The minimum Gasteiger partial charge on any atom is -0.478 e. The number of aromatic carboxylic acids is 1. The fourth-order valence-corrected chi connectivity index (χ4v) is 3.10. The van der Waals surface area contributed by atoms with Crippen LogP contribution in [0.4, 0.5) is 0 Å². The quantitative estimate of drug-likeness (QED) is 0.919. The number of carbonyl (C=O) groups is 1. The lowest BCUT2D eigenvalue weighted by atomic mass is 10.1. The van der Waals surface area contributed by atoms with Crippen LogP contribution in [0.2, 0.25) is 5.02 Å². The second-order valence-corrected chi connectivity index (χ2v) is 6.30. The highest BCUT2D eigenvalue weighted by Gasteiger charge is 2.13. The highest BCUT2D eigenvalue weighted by Crippen LogP contribution is 2.23. The Bertz CT molecular complexity index is 627. The van der Waals surface area contributed by atoms with E-state index in [1.165, 1.54) is 10.9 Å². The molecule has 0 radical (unpaired) electrons. The van der Waals surface area contributed by atoms with Gasteiger partial charge in [0.05, 0.1) is 15.6 Å². The summed E-state index contributed by atoms with van der Waals surface area (Å²) in [6.07, 6.45) is 1.87. The lowest BCUT2D eigenvalue weighted by Crippen LogP contribution is -2.17. The number of aryl methyl sites for hydroxylation is 1. The van der Waals surface area contributed by atoms with Gasteiger partial charge in [-0.2, -0.15) is 0 Å². The predicted octanol–water partition coefficient (Wildman–Crippen LogP) is 3.44. The van der Waals surface area contributed by atoms with E-state index in [0.29, 0.717) is 11.6 Å². The number of carboxylic acids is 1. The van der Waals surface area contributed by atoms with Crippen LogP contribution in [-0.2, 0) is 13.1 Å². The molecule has 6 heteroatoms. The summed E-state index contributed by atoms with van der Waals surface area (Å²) in [5.74, 6) is -1.00. The van der Waals surface area contributed by atoms with Crippen LogP contribution in [-0.4, -0.2) is 28.0 Å². The Morgan fingerprint density at radius 3 is 2.80 bits per heavy atom. The number of aromatic nitrogens is 1. The number of hydrogen-bond donors (Lipinski definition) is 1. The molecule has 2 aromatic rings. The van der Waals surface area contributed by atoms with Crippen LogP contribution in [0.25, 0.3) is 0 Å². The standard InChI is InChI=1S/C14H15ClN2O2S/c1-9-16-6-11(20-9)8-17(2)7-10-4-3-5-12(13(10)15)14(18)19/h3-6H,7-8H2,1-2H3,(H,18,19). The van der Waals surface area contributed by atoms with Crippen LogP contribution in [0.15, 0.2) is 24.4 Å². The van der Waals surface area contributed by atoms with E-state index in [1.807, 2.05) is 26.2 Å². The zero-order chi connectivity index (χ0) is 14.7. The van der Waals surface area contributed by atoms with Crippen LogP contribution in [0.3, 0.4) is 0 Å². The first-order valence-electron chi connectivity index (χ1n) is 6.08. The summed E-state index contributed by atoms with van der Waals surface area (Å²) < 4.78 is 0. The molecular formula is C14H15ClN2O2S. The molecule has 20 heavy (non-hydrogen) atoms. The first-order chi connectivity index (χ1) is 9.47. The molecule has 1 heterocycles. The summed E-state index contributed by atoms with van der Waals surface area (Å²) in [6, 6.07) is 5.08. The van der Waals surface area contributed by atoms with Crippen LogP contribution in [0.5, 0.6) is 0 Å². The number of thiazole rings is 1. The highest BCUT2D eigenvalue weighted by molar-refractivity contribution is 7.11. The highest BCUT2D eigenvalue weighted by atomic mass is 35.5. The van der Waals surface area contributed by atoms with Crippen LogP contribution < -0.4 is 0 Å². The molecule has 0 unspecified atom stereocenters. The molecule has 0 aliphatic rings. The van der Waals surface area contributed by atoms with Crippen LogP contribution >= 0.6 is 22.9 Å². The molecule has 1 N–H and O–H groups in total. The Labute approximate surface area is 126 Å². The van der Waals surface area contributed by atoms with Gasteiger partial charge < -0.3 is 5.11 Å². The Morgan fingerprint density at radius 2 is 2.20 bits per heavy atom. The van der Waals surface area contributed by atoms with Gasteiger partial charge in [0.25, 0.3) is 0 Å². The number of hydrogen-bond acceptors (Lipinski definition) is 4. The van der Waals surface area contributed by atoms with Gasteiger partial charge in [-0.25, -0.2) is 9.78 Å². The normalized spacial score (nSPS) is 11.0. The summed E-state index contributed by atoms with van der Waals surface area (Å²) in [6.45, 7) is 3.33. The molecule has 0 aliphatic heterocycles. The maximum atomic E-state index is 11.0. The second-order valence-electron chi connectivity index (χ2n) is 4.60. The SMILES string of the molecule is Cc1ncc(CN(C)Cc2cccc(C(=O)O)c2Cl)s1. The summed E-state index contributed by atoms with van der Waals surface area (Å²) >= 11 is 7.80. The maximum Gasteiger partial charge on any atom is 0.337 e. The number of carboxylic acid groups (broad SMARTS) is 1. The third-order valence-corrected chi connectivity index (χ3v) is 4.19. The molecule has 0 fully saturated rings. The van der Waals surface area contributed by atoms with Crippen molar-refractivity contribution in [1.82, 2.24) is 9.88 Å². The van der Waals surface area contributed by atoms with Gasteiger partial charge in [0.15, 0.2) is 0 Å². The van der Waals surface area contributed by atoms with Gasteiger partial charge in [0.2, 0.25) is 0 Å². The molecule has 0 bridgehead atoms. The van der Waals surface area contributed by atoms with Crippen molar-refractivity contribution in [2.45, 2.75) is 20.0 Å². The lowest BCUT2D eigenvalue weighted by Gasteiger charge is -2.17. The van der Waals surface area contributed by atoms with Gasteiger partial charge in [-0.1, -0.05) is 23.7 Å². The molecule has 0 amide bonds. The van der Waals surface area contributed by atoms with E-state index in [9.17, 15) is 4.79 Å². The van der Waals surface area contributed by atoms with Crippen molar-refractivity contribution in [1.29, 1.82) is 0 Å². The van der Waals surface area contributed by atoms with Gasteiger partial charge in [-0.15, -0.1) is 11.3 Å². The van der Waals surface area contributed by atoms with E-state index in [2.05, 4.69) is 9.88 Å². The van der Waals surface area contributed by atoms with Crippen molar-refractivity contribution in [3.63, 3.8) is 0 Å². The van der Waals surface area contributed by atoms with E-state index in [1.54, 1.807) is 17.4 Å². The van der Waals surface area contributed by atoms with Crippen molar-refractivity contribution in [3.05, 3.63) is 50.4 Å². The van der Waals surface area contributed by atoms with E-state index in [4.69, 9.17) is 16.7 Å². The summed E-state index contributed by atoms with van der Waals surface area (Å²) in [5.41, 5.74) is 0.960. The molecule has 2 rings (SSSR count). The van der Waals surface area contributed by atoms with E-state index < -0.39 is 5.97 Å². The zero-order valence-corrected chi connectivity index (χ0v) is 12.8. The van der Waals surface area contributed by atoms with Crippen molar-refractivity contribution < 1.29 is 9.90 Å². The number of nitrogens with zero attached hydrogens (tertiary/aromatic N) is 2. The second kappa shape index (κ2) is 6.35. The van der Waals surface area contributed by atoms with E-state index in [0.717, 1.165) is 17.1 Å². The number of benzene rings is 1. The van der Waals surface area contributed by atoms with Gasteiger partial charge in [-0.05, 0) is 25.6 Å².